The van der Waals surface area contributed by atoms with Gasteiger partial charge in [0.1, 0.15) is 0 Å². The molecule has 2 heteroatoms. The second-order valence-electron chi connectivity index (χ2n) is 8.63. The van der Waals surface area contributed by atoms with E-state index in [2.05, 4.69) is 65.4 Å². The molecule has 0 N–H and O–H groups in total. The van der Waals surface area contributed by atoms with E-state index in [1.165, 1.54) is 80.0 Å². The maximum absolute atomic E-state index is 2.67. The van der Waals surface area contributed by atoms with Crippen LogP contribution in [0.15, 0.2) is 48.5 Å². The maximum Gasteiger partial charge on any atom is 0.0110 e. The van der Waals surface area contributed by atoms with Crippen LogP contribution in [0.1, 0.15) is 24.0 Å². The zero-order valence-electron chi connectivity index (χ0n) is 16.5. The van der Waals surface area contributed by atoms with Crippen molar-refractivity contribution in [2.75, 3.05) is 39.8 Å². The lowest BCUT2D eigenvalue weighted by molar-refractivity contribution is 0.145. The third-order valence-corrected chi connectivity index (χ3v) is 6.90. The van der Waals surface area contributed by atoms with Crippen molar-refractivity contribution in [2.24, 2.45) is 5.92 Å². The summed E-state index contributed by atoms with van der Waals surface area (Å²) in [6.07, 6.45) is 5.23. The number of rotatable bonds is 3. The molecule has 0 amide bonds. The predicted molar refractivity (Wildman–Crippen MR) is 116 cm³/mol. The summed E-state index contributed by atoms with van der Waals surface area (Å²) >= 11 is 0. The van der Waals surface area contributed by atoms with Crippen LogP contribution < -0.4 is 0 Å². The molecule has 1 saturated heterocycles. The fourth-order valence-corrected chi connectivity index (χ4v) is 5.13. The number of aryl methyl sites for hydroxylation is 1. The maximum atomic E-state index is 2.67. The van der Waals surface area contributed by atoms with E-state index in [0.29, 0.717) is 0 Å². The lowest BCUT2D eigenvalue weighted by Crippen LogP contribution is -2.45. The smallest absolute Gasteiger partial charge is 0.0110 e. The minimum Gasteiger partial charge on any atom is -0.304 e. The van der Waals surface area contributed by atoms with Gasteiger partial charge in [-0.3, -0.25) is 0 Å². The Balaban J connectivity index is 1.34. The Morgan fingerprint density at radius 1 is 0.852 bits per heavy atom. The van der Waals surface area contributed by atoms with Gasteiger partial charge in [-0.05, 0) is 77.9 Å². The van der Waals surface area contributed by atoms with Gasteiger partial charge in [-0.2, -0.15) is 0 Å². The number of piperazine rings is 1. The first-order valence-corrected chi connectivity index (χ1v) is 10.6. The summed E-state index contributed by atoms with van der Waals surface area (Å²) in [5, 5.41) is 5.67. The molecule has 27 heavy (non-hydrogen) atoms. The molecule has 2 aliphatic rings. The van der Waals surface area contributed by atoms with E-state index in [1.807, 2.05) is 0 Å². The minimum absolute atomic E-state index is 0.857. The van der Waals surface area contributed by atoms with Gasteiger partial charge in [-0.1, -0.05) is 48.5 Å². The molecule has 3 aromatic carbocycles. The Labute approximate surface area is 162 Å². The van der Waals surface area contributed by atoms with Crippen molar-refractivity contribution in [1.29, 1.82) is 0 Å². The highest BCUT2D eigenvalue weighted by Crippen LogP contribution is 2.35. The SMILES string of the molecule is CN1CCN(CCC2CCc3c(ccc4c3ccc3ccccc34)C2)CC1. The zero-order valence-corrected chi connectivity index (χ0v) is 16.5. The number of hydrogen-bond donors (Lipinski definition) is 0. The normalized spacial score (nSPS) is 21.6. The number of nitrogens with zero attached hydrogens (tertiary/aromatic N) is 2. The average Bonchev–Trinajstić information content (AvgIpc) is 2.72. The molecule has 1 fully saturated rings. The summed E-state index contributed by atoms with van der Waals surface area (Å²) in [5.41, 5.74) is 3.22. The molecule has 2 nitrogen and oxygen atoms in total. The molecule has 1 heterocycles. The molecule has 1 atom stereocenters. The van der Waals surface area contributed by atoms with Crippen LogP contribution >= 0.6 is 0 Å². The van der Waals surface area contributed by atoms with E-state index in [-0.39, 0.29) is 0 Å². The third kappa shape index (κ3) is 3.37. The molecule has 1 aliphatic heterocycles. The molecule has 0 radical (unpaired) electrons. The van der Waals surface area contributed by atoms with Gasteiger partial charge in [0.15, 0.2) is 0 Å². The van der Waals surface area contributed by atoms with Crippen LogP contribution in [-0.4, -0.2) is 49.6 Å². The third-order valence-electron chi connectivity index (χ3n) is 6.90. The first-order chi connectivity index (χ1) is 13.3. The Morgan fingerprint density at radius 2 is 1.67 bits per heavy atom. The fourth-order valence-electron chi connectivity index (χ4n) is 5.13. The second-order valence-corrected chi connectivity index (χ2v) is 8.63. The summed E-state index contributed by atoms with van der Waals surface area (Å²) < 4.78 is 0. The topological polar surface area (TPSA) is 6.48 Å². The van der Waals surface area contributed by atoms with Crippen molar-refractivity contribution in [2.45, 2.75) is 25.7 Å². The molecule has 140 valence electrons. The molecule has 3 aromatic rings. The quantitative estimate of drug-likeness (QED) is 0.624. The van der Waals surface area contributed by atoms with E-state index in [1.54, 1.807) is 11.1 Å². The van der Waals surface area contributed by atoms with Gasteiger partial charge in [-0.15, -0.1) is 0 Å². The molecule has 0 saturated carbocycles. The highest BCUT2D eigenvalue weighted by atomic mass is 15.2. The summed E-state index contributed by atoms with van der Waals surface area (Å²) in [5.74, 6) is 0.857. The van der Waals surface area contributed by atoms with E-state index in [9.17, 15) is 0 Å². The van der Waals surface area contributed by atoms with Crippen LogP contribution in [0.25, 0.3) is 21.5 Å². The van der Waals surface area contributed by atoms with Crippen molar-refractivity contribution in [3.05, 3.63) is 59.7 Å². The van der Waals surface area contributed by atoms with E-state index in [4.69, 9.17) is 0 Å². The lowest BCUT2D eigenvalue weighted by Gasteiger charge is -2.34. The Morgan fingerprint density at radius 3 is 2.56 bits per heavy atom. The summed E-state index contributed by atoms with van der Waals surface area (Å²) in [4.78, 5) is 5.12. The zero-order chi connectivity index (χ0) is 18.2. The van der Waals surface area contributed by atoms with Gasteiger partial charge in [0.2, 0.25) is 0 Å². The number of hydrogen-bond acceptors (Lipinski definition) is 2. The van der Waals surface area contributed by atoms with Crippen LogP contribution in [-0.2, 0) is 12.8 Å². The van der Waals surface area contributed by atoms with Gasteiger partial charge in [0.25, 0.3) is 0 Å². The van der Waals surface area contributed by atoms with Crippen LogP contribution in [0.3, 0.4) is 0 Å². The standard InChI is InChI=1S/C25H30N2/c1-26-14-16-27(17-15-26)13-12-19-6-9-23-21(18-19)8-11-24-22-5-3-2-4-20(22)7-10-25(23)24/h2-5,7-8,10-11,19H,6,9,12-18H2,1H3. The lowest BCUT2D eigenvalue weighted by atomic mass is 9.79. The monoisotopic (exact) mass is 358 g/mol. The molecular formula is C25H30N2. The van der Waals surface area contributed by atoms with Crippen molar-refractivity contribution in [3.8, 4) is 0 Å². The first kappa shape index (κ1) is 17.2. The van der Waals surface area contributed by atoms with Gasteiger partial charge in [0.05, 0.1) is 0 Å². The largest absolute Gasteiger partial charge is 0.304 e. The second kappa shape index (κ2) is 7.26. The van der Waals surface area contributed by atoms with Crippen LogP contribution in [0, 0.1) is 5.92 Å². The number of fused-ring (bicyclic) bond motifs is 5. The Hall–Kier alpha value is -1.90. The molecule has 1 unspecified atom stereocenters. The van der Waals surface area contributed by atoms with E-state index < -0.39 is 0 Å². The predicted octanol–water partition coefficient (Wildman–Crippen LogP) is 4.74. The van der Waals surface area contributed by atoms with Gasteiger partial charge >= 0.3 is 0 Å². The molecule has 1 aliphatic carbocycles. The van der Waals surface area contributed by atoms with Crippen molar-refractivity contribution in [3.63, 3.8) is 0 Å². The van der Waals surface area contributed by atoms with Crippen LogP contribution in [0.2, 0.25) is 0 Å². The summed E-state index contributed by atoms with van der Waals surface area (Å²) in [7, 11) is 2.24. The Kier molecular flexibility index (Phi) is 4.63. The summed E-state index contributed by atoms with van der Waals surface area (Å²) in [6.45, 7) is 6.24. The molecule has 0 aromatic heterocycles. The van der Waals surface area contributed by atoms with Gasteiger partial charge in [0, 0.05) is 26.2 Å². The van der Waals surface area contributed by atoms with E-state index >= 15 is 0 Å². The highest BCUT2D eigenvalue weighted by Gasteiger charge is 2.22. The van der Waals surface area contributed by atoms with E-state index in [0.717, 1.165) is 5.92 Å². The highest BCUT2D eigenvalue weighted by molar-refractivity contribution is 6.08. The van der Waals surface area contributed by atoms with Gasteiger partial charge < -0.3 is 9.80 Å². The molecule has 5 rings (SSSR count). The first-order valence-electron chi connectivity index (χ1n) is 10.6. The van der Waals surface area contributed by atoms with Crippen LogP contribution in [0.5, 0.6) is 0 Å². The fraction of sp³-hybridized carbons (Fsp3) is 0.440. The number of benzene rings is 3. The number of likely N-dealkylation sites (N-methyl/N-ethyl adjacent to an activating group) is 1. The Bertz CT molecular complexity index is 953. The molecular weight excluding hydrogens is 328 g/mol. The summed E-state index contributed by atoms with van der Waals surface area (Å²) in [6, 6.07) is 18.3. The molecule has 0 spiro atoms. The van der Waals surface area contributed by atoms with Crippen LogP contribution in [0.4, 0.5) is 0 Å². The van der Waals surface area contributed by atoms with Crippen molar-refractivity contribution in [1.82, 2.24) is 9.80 Å². The van der Waals surface area contributed by atoms with Crippen molar-refractivity contribution < 1.29 is 0 Å². The molecule has 0 bridgehead atoms. The minimum atomic E-state index is 0.857. The average molecular weight is 359 g/mol. The van der Waals surface area contributed by atoms with Gasteiger partial charge in [-0.25, -0.2) is 0 Å². The van der Waals surface area contributed by atoms with Crippen molar-refractivity contribution >= 4 is 21.5 Å².